The number of rotatable bonds is 5. The van der Waals surface area contributed by atoms with E-state index in [0.717, 1.165) is 56.6 Å². The van der Waals surface area contributed by atoms with E-state index in [4.69, 9.17) is 4.74 Å². The van der Waals surface area contributed by atoms with Crippen LogP contribution in [-0.2, 0) is 4.74 Å². The second kappa shape index (κ2) is 9.77. The molecule has 1 heterocycles. The SMILES string of the molecule is CC(=NC1=C(C)CCN(CCC2CCCCC2)CC1)OC(C)C(F)(F)F. The molecule has 150 valence electrons. The van der Waals surface area contributed by atoms with Crippen molar-refractivity contribution in [2.75, 3.05) is 19.6 Å². The Hall–Kier alpha value is -1.04. The van der Waals surface area contributed by atoms with Gasteiger partial charge in [0, 0.05) is 32.1 Å². The van der Waals surface area contributed by atoms with Crippen LogP contribution in [0.1, 0.15) is 72.1 Å². The minimum Gasteiger partial charge on any atom is -0.468 e. The molecule has 2 aliphatic rings. The summed E-state index contributed by atoms with van der Waals surface area (Å²) in [4.78, 5) is 6.84. The summed E-state index contributed by atoms with van der Waals surface area (Å²) in [6.45, 7) is 7.61. The van der Waals surface area contributed by atoms with Crippen molar-refractivity contribution in [3.05, 3.63) is 11.3 Å². The minimum atomic E-state index is -4.36. The first-order valence-electron chi connectivity index (χ1n) is 9.95. The van der Waals surface area contributed by atoms with Gasteiger partial charge in [-0.3, -0.25) is 0 Å². The third-order valence-electron chi connectivity index (χ3n) is 5.64. The lowest BCUT2D eigenvalue weighted by molar-refractivity contribution is -0.192. The zero-order valence-electron chi connectivity index (χ0n) is 16.4. The molecule has 0 radical (unpaired) electrons. The number of alkyl halides is 3. The van der Waals surface area contributed by atoms with E-state index in [1.165, 1.54) is 45.4 Å². The first-order chi connectivity index (χ1) is 12.3. The van der Waals surface area contributed by atoms with Crippen LogP contribution in [-0.4, -0.2) is 42.7 Å². The van der Waals surface area contributed by atoms with E-state index < -0.39 is 12.3 Å². The number of hydrogen-bond donors (Lipinski definition) is 0. The van der Waals surface area contributed by atoms with Crippen molar-refractivity contribution in [1.82, 2.24) is 4.90 Å². The van der Waals surface area contributed by atoms with Crippen molar-refractivity contribution in [2.24, 2.45) is 10.9 Å². The molecular weight excluding hydrogens is 341 g/mol. The average Bonchev–Trinajstić information content (AvgIpc) is 2.75. The molecule has 0 aromatic rings. The third-order valence-corrected chi connectivity index (χ3v) is 5.64. The highest BCUT2D eigenvalue weighted by Gasteiger charge is 2.38. The lowest BCUT2D eigenvalue weighted by Gasteiger charge is -2.26. The number of ether oxygens (including phenoxy) is 1. The zero-order chi connectivity index (χ0) is 19.2. The van der Waals surface area contributed by atoms with Gasteiger partial charge in [-0.2, -0.15) is 13.2 Å². The molecule has 26 heavy (non-hydrogen) atoms. The summed E-state index contributed by atoms with van der Waals surface area (Å²) < 4.78 is 42.8. The second-order valence-corrected chi connectivity index (χ2v) is 7.79. The Labute approximate surface area is 155 Å². The van der Waals surface area contributed by atoms with E-state index in [-0.39, 0.29) is 5.90 Å². The van der Waals surface area contributed by atoms with Crippen molar-refractivity contribution >= 4 is 5.90 Å². The molecule has 0 aromatic carbocycles. The van der Waals surface area contributed by atoms with Gasteiger partial charge in [-0.15, -0.1) is 0 Å². The Kier molecular flexibility index (Phi) is 7.99. The lowest BCUT2D eigenvalue weighted by atomic mass is 9.87. The van der Waals surface area contributed by atoms with Gasteiger partial charge in [-0.25, -0.2) is 4.99 Å². The minimum absolute atomic E-state index is 0.0971. The Morgan fingerprint density at radius 3 is 2.50 bits per heavy atom. The molecule has 6 heteroatoms. The van der Waals surface area contributed by atoms with Gasteiger partial charge in [0.05, 0.1) is 0 Å². The van der Waals surface area contributed by atoms with Crippen LogP contribution in [0.3, 0.4) is 0 Å². The van der Waals surface area contributed by atoms with E-state index in [1.54, 1.807) is 0 Å². The van der Waals surface area contributed by atoms with Crippen LogP contribution in [0.2, 0.25) is 0 Å². The normalized spacial score (nSPS) is 23.1. The van der Waals surface area contributed by atoms with Crippen LogP contribution in [0, 0.1) is 5.92 Å². The fourth-order valence-corrected chi connectivity index (χ4v) is 3.81. The second-order valence-electron chi connectivity index (χ2n) is 7.79. The molecular formula is C20H33F3N2O. The van der Waals surface area contributed by atoms with Crippen LogP contribution in [0.15, 0.2) is 16.3 Å². The zero-order valence-corrected chi connectivity index (χ0v) is 16.4. The molecule has 0 N–H and O–H groups in total. The molecule has 0 aromatic heterocycles. The molecule has 3 nitrogen and oxygen atoms in total. The summed E-state index contributed by atoms with van der Waals surface area (Å²) in [7, 11) is 0. The van der Waals surface area contributed by atoms with E-state index in [9.17, 15) is 13.2 Å². The van der Waals surface area contributed by atoms with Crippen molar-refractivity contribution in [2.45, 2.75) is 84.4 Å². The predicted molar refractivity (Wildman–Crippen MR) is 99.3 cm³/mol. The van der Waals surface area contributed by atoms with Gasteiger partial charge in [0.25, 0.3) is 0 Å². The van der Waals surface area contributed by atoms with Gasteiger partial charge in [-0.05, 0) is 39.2 Å². The Balaban J connectivity index is 1.84. The van der Waals surface area contributed by atoms with Crippen molar-refractivity contribution in [3.8, 4) is 0 Å². The third kappa shape index (κ3) is 6.93. The largest absolute Gasteiger partial charge is 0.468 e. The molecule has 1 aliphatic heterocycles. The van der Waals surface area contributed by atoms with E-state index in [2.05, 4.69) is 9.89 Å². The maximum atomic E-state index is 12.6. The van der Waals surface area contributed by atoms with Gasteiger partial charge < -0.3 is 9.64 Å². The average molecular weight is 374 g/mol. The van der Waals surface area contributed by atoms with Gasteiger partial charge in [0.15, 0.2) is 12.0 Å². The molecule has 1 fully saturated rings. The molecule has 2 rings (SSSR count). The standard InChI is InChI=1S/C20H33F3N2O/c1-15-9-12-25(13-10-18-7-5-4-6-8-18)14-11-19(15)24-17(3)26-16(2)20(21,22)23/h16,18H,4-14H2,1-3H3. The number of nitrogens with zero attached hydrogens (tertiary/aromatic N) is 2. The van der Waals surface area contributed by atoms with E-state index in [0.29, 0.717) is 0 Å². The molecule has 0 saturated heterocycles. The van der Waals surface area contributed by atoms with Crippen molar-refractivity contribution in [3.63, 3.8) is 0 Å². The fourth-order valence-electron chi connectivity index (χ4n) is 3.81. The highest BCUT2D eigenvalue weighted by atomic mass is 19.4. The number of aliphatic imine (C=N–C) groups is 1. The van der Waals surface area contributed by atoms with Crippen LogP contribution < -0.4 is 0 Å². The lowest BCUT2D eigenvalue weighted by Crippen LogP contribution is -2.30. The highest BCUT2D eigenvalue weighted by Crippen LogP contribution is 2.28. The number of hydrogen-bond acceptors (Lipinski definition) is 3. The topological polar surface area (TPSA) is 24.8 Å². The maximum absolute atomic E-state index is 12.6. The summed E-state index contributed by atoms with van der Waals surface area (Å²) >= 11 is 0. The quantitative estimate of drug-likeness (QED) is 0.455. The number of halogens is 3. The predicted octanol–water partition coefficient (Wildman–Crippen LogP) is 5.71. The summed E-state index contributed by atoms with van der Waals surface area (Å²) in [6.07, 6.45) is 3.65. The maximum Gasteiger partial charge on any atom is 0.425 e. The van der Waals surface area contributed by atoms with Crippen LogP contribution in [0.4, 0.5) is 13.2 Å². The highest BCUT2D eigenvalue weighted by molar-refractivity contribution is 5.74. The molecule has 1 saturated carbocycles. The Bertz CT molecular complexity index is 508. The summed E-state index contributed by atoms with van der Waals surface area (Å²) in [6, 6.07) is 0. The Morgan fingerprint density at radius 1 is 1.19 bits per heavy atom. The Morgan fingerprint density at radius 2 is 1.85 bits per heavy atom. The van der Waals surface area contributed by atoms with Crippen molar-refractivity contribution in [1.29, 1.82) is 0 Å². The van der Waals surface area contributed by atoms with Crippen LogP contribution in [0.25, 0.3) is 0 Å². The monoisotopic (exact) mass is 374 g/mol. The fraction of sp³-hybridized carbons (Fsp3) is 0.850. The first-order valence-corrected chi connectivity index (χ1v) is 9.95. The molecule has 0 amide bonds. The summed E-state index contributed by atoms with van der Waals surface area (Å²) in [5, 5.41) is 0. The molecule has 1 unspecified atom stereocenters. The van der Waals surface area contributed by atoms with Gasteiger partial charge >= 0.3 is 6.18 Å². The molecule has 0 spiro atoms. The van der Waals surface area contributed by atoms with Gasteiger partial charge in [-0.1, -0.05) is 37.7 Å². The van der Waals surface area contributed by atoms with Crippen molar-refractivity contribution < 1.29 is 17.9 Å². The van der Waals surface area contributed by atoms with Gasteiger partial charge in [0.1, 0.15) is 0 Å². The first kappa shape index (κ1) is 21.3. The molecule has 0 bridgehead atoms. The van der Waals surface area contributed by atoms with E-state index in [1.807, 2.05) is 6.92 Å². The van der Waals surface area contributed by atoms with Crippen LogP contribution >= 0.6 is 0 Å². The molecule has 1 atom stereocenters. The van der Waals surface area contributed by atoms with E-state index >= 15 is 0 Å². The van der Waals surface area contributed by atoms with Gasteiger partial charge in [0.2, 0.25) is 0 Å². The smallest absolute Gasteiger partial charge is 0.425 e. The summed E-state index contributed by atoms with van der Waals surface area (Å²) in [5.74, 6) is 0.970. The molecule has 1 aliphatic carbocycles. The summed E-state index contributed by atoms with van der Waals surface area (Å²) in [5.41, 5.74) is 2.05. The van der Waals surface area contributed by atoms with Crippen LogP contribution in [0.5, 0.6) is 0 Å².